The SMILES string of the molecule is COc1cc(CC(=O)N(Cc2ccc(F)cc2)C2CCCCC2)cc(OC)c1OC. The van der Waals surface area contributed by atoms with Crippen LogP contribution < -0.4 is 14.2 Å². The highest BCUT2D eigenvalue weighted by Crippen LogP contribution is 2.38. The van der Waals surface area contributed by atoms with Gasteiger partial charge in [0, 0.05) is 12.6 Å². The molecule has 0 spiro atoms. The lowest BCUT2D eigenvalue weighted by Gasteiger charge is -2.35. The fraction of sp³-hybridized carbons (Fsp3) is 0.458. The van der Waals surface area contributed by atoms with Crippen LogP contribution in [0.4, 0.5) is 4.39 Å². The molecule has 1 amide bonds. The van der Waals surface area contributed by atoms with Crippen molar-refractivity contribution in [2.45, 2.75) is 51.1 Å². The predicted molar refractivity (Wildman–Crippen MR) is 114 cm³/mol. The molecule has 0 bridgehead atoms. The average Bonchev–Trinajstić information content (AvgIpc) is 2.78. The number of carbonyl (C=O) groups is 1. The second kappa shape index (κ2) is 10.3. The Bertz CT molecular complexity index is 822. The Morgan fingerprint density at radius 1 is 0.933 bits per heavy atom. The Kier molecular flexibility index (Phi) is 7.55. The van der Waals surface area contributed by atoms with E-state index in [1.807, 2.05) is 17.0 Å². The van der Waals surface area contributed by atoms with E-state index in [0.717, 1.165) is 36.8 Å². The van der Waals surface area contributed by atoms with E-state index in [0.29, 0.717) is 23.8 Å². The van der Waals surface area contributed by atoms with Gasteiger partial charge < -0.3 is 19.1 Å². The van der Waals surface area contributed by atoms with Gasteiger partial charge in [-0.15, -0.1) is 0 Å². The number of ether oxygens (including phenoxy) is 3. The lowest BCUT2D eigenvalue weighted by Crippen LogP contribution is -2.41. The van der Waals surface area contributed by atoms with Crippen molar-refractivity contribution in [3.63, 3.8) is 0 Å². The summed E-state index contributed by atoms with van der Waals surface area (Å²) in [6, 6.07) is 10.2. The summed E-state index contributed by atoms with van der Waals surface area (Å²) in [4.78, 5) is 15.3. The minimum absolute atomic E-state index is 0.0421. The van der Waals surface area contributed by atoms with Crippen LogP contribution in [0.5, 0.6) is 17.2 Å². The standard InChI is InChI=1S/C24H30FNO4/c1-28-21-13-18(14-22(29-2)24(21)30-3)15-23(27)26(20-7-5-4-6-8-20)16-17-9-11-19(25)12-10-17/h9-14,20H,4-8,15-16H2,1-3H3. The van der Waals surface area contributed by atoms with Gasteiger partial charge in [0.25, 0.3) is 0 Å². The molecule has 1 aliphatic carbocycles. The molecule has 0 radical (unpaired) electrons. The van der Waals surface area contributed by atoms with Crippen molar-refractivity contribution in [3.8, 4) is 17.2 Å². The molecule has 0 aromatic heterocycles. The molecule has 0 atom stereocenters. The smallest absolute Gasteiger partial charge is 0.227 e. The molecule has 5 nitrogen and oxygen atoms in total. The number of nitrogens with zero attached hydrogens (tertiary/aromatic N) is 1. The van der Waals surface area contributed by atoms with Crippen LogP contribution in [-0.4, -0.2) is 38.2 Å². The molecule has 2 aromatic rings. The first-order valence-corrected chi connectivity index (χ1v) is 10.4. The molecule has 30 heavy (non-hydrogen) atoms. The molecule has 1 saturated carbocycles. The highest BCUT2D eigenvalue weighted by atomic mass is 19.1. The van der Waals surface area contributed by atoms with Gasteiger partial charge in [-0.2, -0.15) is 0 Å². The molecule has 1 aliphatic rings. The fourth-order valence-electron chi connectivity index (χ4n) is 4.11. The number of halogens is 1. The molecule has 0 saturated heterocycles. The van der Waals surface area contributed by atoms with E-state index in [1.165, 1.54) is 18.6 Å². The Balaban J connectivity index is 1.84. The third kappa shape index (κ3) is 5.23. The number of hydrogen-bond acceptors (Lipinski definition) is 4. The lowest BCUT2D eigenvalue weighted by molar-refractivity contribution is -0.134. The van der Waals surface area contributed by atoms with Gasteiger partial charge in [0.1, 0.15) is 5.82 Å². The predicted octanol–water partition coefficient (Wildman–Crippen LogP) is 4.76. The molecule has 0 unspecified atom stereocenters. The van der Waals surface area contributed by atoms with Crippen molar-refractivity contribution < 1.29 is 23.4 Å². The summed E-state index contributed by atoms with van der Waals surface area (Å²) in [6.45, 7) is 0.480. The maximum absolute atomic E-state index is 13.4. The van der Waals surface area contributed by atoms with E-state index in [2.05, 4.69) is 0 Å². The normalized spacial score (nSPS) is 14.3. The summed E-state index contributed by atoms with van der Waals surface area (Å²) >= 11 is 0. The van der Waals surface area contributed by atoms with Crippen molar-refractivity contribution in [3.05, 3.63) is 53.3 Å². The summed E-state index contributed by atoms with van der Waals surface area (Å²) in [5.74, 6) is 1.34. The van der Waals surface area contributed by atoms with Crippen molar-refractivity contribution in [1.82, 2.24) is 4.90 Å². The molecular weight excluding hydrogens is 385 g/mol. The number of benzene rings is 2. The zero-order chi connectivity index (χ0) is 21.5. The van der Waals surface area contributed by atoms with Gasteiger partial charge in [-0.05, 0) is 48.2 Å². The summed E-state index contributed by atoms with van der Waals surface area (Å²) in [7, 11) is 4.68. The number of amides is 1. The number of rotatable bonds is 8. The maximum atomic E-state index is 13.4. The highest BCUT2D eigenvalue weighted by molar-refractivity contribution is 5.79. The van der Waals surface area contributed by atoms with Gasteiger partial charge in [-0.25, -0.2) is 4.39 Å². The molecule has 1 fully saturated rings. The Hall–Kier alpha value is -2.76. The molecular formula is C24H30FNO4. The van der Waals surface area contributed by atoms with Crippen LogP contribution in [0, 0.1) is 5.82 Å². The van der Waals surface area contributed by atoms with Gasteiger partial charge >= 0.3 is 0 Å². The summed E-state index contributed by atoms with van der Waals surface area (Å²) in [5.41, 5.74) is 1.73. The van der Waals surface area contributed by atoms with Crippen LogP contribution in [0.25, 0.3) is 0 Å². The summed E-state index contributed by atoms with van der Waals surface area (Å²) in [6.07, 6.45) is 5.70. The topological polar surface area (TPSA) is 48.0 Å². The minimum Gasteiger partial charge on any atom is -0.493 e. The minimum atomic E-state index is -0.272. The third-order valence-electron chi connectivity index (χ3n) is 5.68. The van der Waals surface area contributed by atoms with E-state index in [-0.39, 0.29) is 24.2 Å². The van der Waals surface area contributed by atoms with Crippen LogP contribution >= 0.6 is 0 Å². The van der Waals surface area contributed by atoms with Crippen LogP contribution in [0.2, 0.25) is 0 Å². The number of hydrogen-bond donors (Lipinski definition) is 0. The Labute approximate surface area is 177 Å². The van der Waals surface area contributed by atoms with Crippen molar-refractivity contribution in [2.24, 2.45) is 0 Å². The lowest BCUT2D eigenvalue weighted by atomic mass is 9.93. The summed E-state index contributed by atoms with van der Waals surface area (Å²) < 4.78 is 29.5. The van der Waals surface area contributed by atoms with E-state index in [4.69, 9.17) is 14.2 Å². The zero-order valence-electron chi connectivity index (χ0n) is 17.9. The molecule has 0 heterocycles. The van der Waals surface area contributed by atoms with Crippen molar-refractivity contribution >= 4 is 5.91 Å². The first-order chi connectivity index (χ1) is 14.5. The maximum Gasteiger partial charge on any atom is 0.227 e. The highest BCUT2D eigenvalue weighted by Gasteiger charge is 2.26. The van der Waals surface area contributed by atoms with Crippen LogP contribution in [0.1, 0.15) is 43.2 Å². The zero-order valence-corrected chi connectivity index (χ0v) is 17.9. The molecule has 162 valence electrons. The Morgan fingerprint density at radius 3 is 2.07 bits per heavy atom. The first-order valence-electron chi connectivity index (χ1n) is 10.4. The fourth-order valence-corrected chi connectivity index (χ4v) is 4.11. The van der Waals surface area contributed by atoms with E-state index >= 15 is 0 Å². The van der Waals surface area contributed by atoms with E-state index in [9.17, 15) is 9.18 Å². The molecule has 0 N–H and O–H groups in total. The van der Waals surface area contributed by atoms with Crippen LogP contribution in [0.3, 0.4) is 0 Å². The Morgan fingerprint density at radius 2 is 1.53 bits per heavy atom. The van der Waals surface area contributed by atoms with Crippen molar-refractivity contribution in [2.75, 3.05) is 21.3 Å². The molecule has 0 aliphatic heterocycles. The van der Waals surface area contributed by atoms with Gasteiger partial charge in [-0.1, -0.05) is 31.4 Å². The van der Waals surface area contributed by atoms with E-state index in [1.54, 1.807) is 33.5 Å². The van der Waals surface area contributed by atoms with Gasteiger partial charge in [-0.3, -0.25) is 4.79 Å². The number of carbonyl (C=O) groups excluding carboxylic acids is 1. The van der Waals surface area contributed by atoms with Gasteiger partial charge in [0.15, 0.2) is 11.5 Å². The van der Waals surface area contributed by atoms with Gasteiger partial charge in [0.2, 0.25) is 11.7 Å². The first kappa shape index (κ1) is 21.9. The molecule has 2 aromatic carbocycles. The van der Waals surface area contributed by atoms with Gasteiger partial charge in [0.05, 0.1) is 27.8 Å². The van der Waals surface area contributed by atoms with Crippen LogP contribution in [0.15, 0.2) is 36.4 Å². The third-order valence-corrected chi connectivity index (χ3v) is 5.68. The number of methoxy groups -OCH3 is 3. The monoisotopic (exact) mass is 415 g/mol. The quantitative estimate of drug-likeness (QED) is 0.624. The second-order valence-corrected chi connectivity index (χ2v) is 7.65. The van der Waals surface area contributed by atoms with Crippen molar-refractivity contribution in [1.29, 1.82) is 0 Å². The molecule has 6 heteroatoms. The molecule has 3 rings (SSSR count). The summed E-state index contributed by atoms with van der Waals surface area (Å²) in [5, 5.41) is 0. The average molecular weight is 416 g/mol. The van der Waals surface area contributed by atoms with Crippen LogP contribution in [-0.2, 0) is 17.8 Å². The second-order valence-electron chi connectivity index (χ2n) is 7.65. The van der Waals surface area contributed by atoms with E-state index < -0.39 is 0 Å². The largest absolute Gasteiger partial charge is 0.493 e.